The Labute approximate surface area is 200 Å². The maximum absolute atomic E-state index is 13.3. The average molecular weight is 478 g/mol. The van der Waals surface area contributed by atoms with E-state index < -0.39 is 0 Å². The van der Waals surface area contributed by atoms with Crippen LogP contribution in [0.1, 0.15) is 16.2 Å². The van der Waals surface area contributed by atoms with Crippen LogP contribution in [-0.2, 0) is 11.3 Å². The molecule has 2 amide bonds. The maximum Gasteiger partial charge on any atom is 0.274 e. The van der Waals surface area contributed by atoms with Gasteiger partial charge in [0.25, 0.3) is 5.91 Å². The predicted octanol–water partition coefficient (Wildman–Crippen LogP) is 4.70. The summed E-state index contributed by atoms with van der Waals surface area (Å²) < 4.78 is 16.0. The minimum absolute atomic E-state index is 0.136. The Balaban J connectivity index is 1.54. The Morgan fingerprint density at radius 2 is 1.82 bits per heavy atom. The van der Waals surface area contributed by atoms with Crippen molar-refractivity contribution in [1.82, 2.24) is 9.88 Å². The fourth-order valence-electron chi connectivity index (χ4n) is 3.32. The van der Waals surface area contributed by atoms with E-state index in [1.807, 2.05) is 24.3 Å². The lowest BCUT2D eigenvalue weighted by Gasteiger charge is -2.20. The van der Waals surface area contributed by atoms with E-state index in [0.717, 1.165) is 5.56 Å². The van der Waals surface area contributed by atoms with E-state index in [1.165, 1.54) is 22.5 Å². The number of carbonyl (C=O) groups is 2. The third-order valence-corrected chi connectivity index (χ3v) is 5.85. The highest BCUT2D eigenvalue weighted by Gasteiger charge is 2.23. The Kier molecular flexibility index (Phi) is 7.24. The third-order valence-electron chi connectivity index (χ3n) is 4.96. The van der Waals surface area contributed by atoms with Crippen LogP contribution in [0.15, 0.2) is 76.7 Å². The monoisotopic (exact) mass is 477 g/mol. The summed E-state index contributed by atoms with van der Waals surface area (Å²) in [7, 11) is 3.13. The van der Waals surface area contributed by atoms with Crippen molar-refractivity contribution in [2.75, 3.05) is 26.1 Å². The van der Waals surface area contributed by atoms with Crippen LogP contribution in [0.4, 0.5) is 5.69 Å². The number of methoxy groups -OCH3 is 2. The van der Waals surface area contributed by atoms with Crippen molar-refractivity contribution >= 4 is 28.8 Å². The van der Waals surface area contributed by atoms with Gasteiger partial charge in [0.2, 0.25) is 5.91 Å². The highest BCUT2D eigenvalue weighted by Crippen LogP contribution is 2.33. The van der Waals surface area contributed by atoms with Crippen molar-refractivity contribution in [3.05, 3.63) is 83.8 Å². The standard InChI is InChI=1S/C25H23N3O5S/c1-31-21-11-10-17(13-22(21)32-2)24-27-20(16-34-24)25(30)28(14-19-9-6-12-33-19)15-23(29)26-18-7-4-3-5-8-18/h3-13,16H,14-15H2,1-2H3,(H,26,29). The number of para-hydroxylation sites is 1. The van der Waals surface area contributed by atoms with Gasteiger partial charge in [0, 0.05) is 16.6 Å². The molecule has 0 atom stereocenters. The summed E-state index contributed by atoms with van der Waals surface area (Å²) in [5.74, 6) is 1.05. The highest BCUT2D eigenvalue weighted by atomic mass is 32.1. The normalized spacial score (nSPS) is 10.5. The smallest absolute Gasteiger partial charge is 0.274 e. The molecule has 4 rings (SSSR count). The van der Waals surface area contributed by atoms with Crippen molar-refractivity contribution in [3.8, 4) is 22.1 Å². The molecule has 2 aromatic heterocycles. The lowest BCUT2D eigenvalue weighted by atomic mass is 10.2. The number of amides is 2. The molecule has 0 bridgehead atoms. The molecule has 2 aromatic carbocycles. The van der Waals surface area contributed by atoms with E-state index in [2.05, 4.69) is 10.3 Å². The molecule has 0 fully saturated rings. The predicted molar refractivity (Wildman–Crippen MR) is 129 cm³/mol. The molecule has 4 aromatic rings. The topological polar surface area (TPSA) is 93.9 Å². The molecule has 0 aliphatic heterocycles. The van der Waals surface area contributed by atoms with Crippen molar-refractivity contribution in [3.63, 3.8) is 0 Å². The number of nitrogens with one attached hydrogen (secondary N) is 1. The van der Waals surface area contributed by atoms with Gasteiger partial charge in [0.05, 0.1) is 27.0 Å². The molecule has 0 aliphatic rings. The minimum Gasteiger partial charge on any atom is -0.493 e. The first-order valence-corrected chi connectivity index (χ1v) is 11.3. The molecule has 8 nitrogen and oxygen atoms in total. The van der Waals surface area contributed by atoms with Crippen LogP contribution in [0.2, 0.25) is 0 Å². The Morgan fingerprint density at radius 3 is 2.53 bits per heavy atom. The SMILES string of the molecule is COc1ccc(-c2nc(C(=O)N(CC(=O)Nc3ccccc3)Cc3ccco3)cs2)cc1OC. The highest BCUT2D eigenvalue weighted by molar-refractivity contribution is 7.13. The summed E-state index contributed by atoms with van der Waals surface area (Å²) in [5, 5.41) is 5.13. The summed E-state index contributed by atoms with van der Waals surface area (Å²) in [6, 6.07) is 18.0. The number of hydrogen-bond acceptors (Lipinski definition) is 7. The molecule has 0 saturated carbocycles. The van der Waals surface area contributed by atoms with E-state index in [0.29, 0.717) is 28.0 Å². The van der Waals surface area contributed by atoms with Gasteiger partial charge in [0.15, 0.2) is 11.5 Å². The van der Waals surface area contributed by atoms with E-state index in [4.69, 9.17) is 13.9 Å². The quantitative estimate of drug-likeness (QED) is 0.376. The van der Waals surface area contributed by atoms with Gasteiger partial charge in [-0.25, -0.2) is 4.98 Å². The fourth-order valence-corrected chi connectivity index (χ4v) is 4.11. The van der Waals surface area contributed by atoms with Gasteiger partial charge >= 0.3 is 0 Å². The zero-order chi connectivity index (χ0) is 23.9. The molecule has 1 N–H and O–H groups in total. The van der Waals surface area contributed by atoms with Gasteiger partial charge in [-0.2, -0.15) is 0 Å². The minimum atomic E-state index is -0.373. The van der Waals surface area contributed by atoms with Crippen LogP contribution in [0, 0.1) is 0 Å². The number of hydrogen-bond donors (Lipinski definition) is 1. The summed E-state index contributed by atoms with van der Waals surface area (Å²) in [4.78, 5) is 31.9. The van der Waals surface area contributed by atoms with Crippen LogP contribution in [-0.4, -0.2) is 42.5 Å². The number of thiazole rings is 1. The van der Waals surface area contributed by atoms with E-state index in [-0.39, 0.29) is 30.6 Å². The molecule has 0 unspecified atom stereocenters. The third kappa shape index (κ3) is 5.44. The second kappa shape index (κ2) is 10.7. The van der Waals surface area contributed by atoms with Gasteiger partial charge in [-0.05, 0) is 42.5 Å². The Bertz CT molecular complexity index is 1250. The van der Waals surface area contributed by atoms with E-state index in [1.54, 1.807) is 56.0 Å². The summed E-state index contributed by atoms with van der Waals surface area (Å²) in [6.07, 6.45) is 1.53. The van der Waals surface area contributed by atoms with E-state index >= 15 is 0 Å². The van der Waals surface area contributed by atoms with Crippen LogP contribution in [0.5, 0.6) is 11.5 Å². The van der Waals surface area contributed by atoms with Crippen LogP contribution >= 0.6 is 11.3 Å². The molecular weight excluding hydrogens is 454 g/mol. The molecule has 2 heterocycles. The molecular formula is C25H23N3O5S. The van der Waals surface area contributed by atoms with Crippen LogP contribution in [0.3, 0.4) is 0 Å². The first-order chi connectivity index (χ1) is 16.6. The number of furan rings is 1. The first kappa shape index (κ1) is 23.1. The molecule has 0 spiro atoms. The Hall–Kier alpha value is -4.11. The van der Waals surface area contributed by atoms with Gasteiger partial charge in [-0.3, -0.25) is 9.59 Å². The number of rotatable bonds is 9. The van der Waals surface area contributed by atoms with Gasteiger partial charge in [0.1, 0.15) is 23.0 Å². The van der Waals surface area contributed by atoms with E-state index in [9.17, 15) is 9.59 Å². The Morgan fingerprint density at radius 1 is 1.03 bits per heavy atom. The molecule has 0 aliphatic carbocycles. The van der Waals surface area contributed by atoms with Crippen LogP contribution < -0.4 is 14.8 Å². The molecule has 9 heteroatoms. The number of nitrogens with zero attached hydrogens (tertiary/aromatic N) is 2. The fraction of sp³-hybridized carbons (Fsp3) is 0.160. The van der Waals surface area contributed by atoms with Gasteiger partial charge in [-0.15, -0.1) is 11.3 Å². The van der Waals surface area contributed by atoms with Crippen molar-refractivity contribution < 1.29 is 23.5 Å². The molecule has 0 saturated heterocycles. The van der Waals surface area contributed by atoms with Crippen molar-refractivity contribution in [1.29, 1.82) is 0 Å². The average Bonchev–Trinajstić information content (AvgIpc) is 3.56. The number of carbonyl (C=O) groups excluding carboxylic acids is 2. The number of benzene rings is 2. The number of aromatic nitrogens is 1. The van der Waals surface area contributed by atoms with Crippen LogP contribution in [0.25, 0.3) is 10.6 Å². The summed E-state index contributed by atoms with van der Waals surface area (Å²) >= 11 is 1.33. The second-order valence-corrected chi connectivity index (χ2v) is 8.12. The number of ether oxygens (including phenoxy) is 2. The van der Waals surface area contributed by atoms with Crippen molar-refractivity contribution in [2.24, 2.45) is 0 Å². The zero-order valence-electron chi connectivity index (χ0n) is 18.7. The lowest BCUT2D eigenvalue weighted by Crippen LogP contribution is -2.37. The first-order valence-electron chi connectivity index (χ1n) is 10.4. The van der Waals surface area contributed by atoms with Gasteiger partial charge in [-0.1, -0.05) is 18.2 Å². The molecule has 0 radical (unpaired) electrons. The van der Waals surface area contributed by atoms with Crippen molar-refractivity contribution in [2.45, 2.75) is 6.54 Å². The zero-order valence-corrected chi connectivity index (χ0v) is 19.5. The maximum atomic E-state index is 13.3. The van der Waals surface area contributed by atoms with Gasteiger partial charge < -0.3 is 24.1 Å². The molecule has 34 heavy (non-hydrogen) atoms. The lowest BCUT2D eigenvalue weighted by molar-refractivity contribution is -0.117. The number of anilines is 1. The largest absolute Gasteiger partial charge is 0.493 e. The second-order valence-electron chi connectivity index (χ2n) is 7.26. The summed E-state index contributed by atoms with van der Waals surface area (Å²) in [6.45, 7) is -0.0189. The summed E-state index contributed by atoms with van der Waals surface area (Å²) in [5.41, 5.74) is 1.69. The molecule has 174 valence electrons.